The molecule has 100 valence electrons. The largest absolute Gasteiger partial charge is 0.389 e. The third kappa shape index (κ3) is 2.65. The molecule has 0 saturated carbocycles. The summed E-state index contributed by atoms with van der Waals surface area (Å²) in [5.74, 6) is 0.151. The van der Waals surface area contributed by atoms with E-state index in [1.807, 2.05) is 6.07 Å². The standard InChI is InChI=1S/C14H20FNO2/c1-10(17)14-12(15)4-3-5-13(14)16-7-6-11(8-16)9-18-2/h3-5,10-11,17H,6-9H2,1-2H3/t10-,11?/m0/s1. The van der Waals surface area contributed by atoms with Gasteiger partial charge in [0.25, 0.3) is 0 Å². The molecule has 0 spiro atoms. The van der Waals surface area contributed by atoms with Gasteiger partial charge in [-0.25, -0.2) is 4.39 Å². The average Bonchev–Trinajstić information content (AvgIpc) is 2.77. The van der Waals surface area contributed by atoms with E-state index >= 15 is 0 Å². The fourth-order valence-corrected chi connectivity index (χ4v) is 2.64. The number of benzene rings is 1. The van der Waals surface area contributed by atoms with Crippen molar-refractivity contribution in [1.82, 2.24) is 0 Å². The lowest BCUT2D eigenvalue weighted by Crippen LogP contribution is -2.23. The van der Waals surface area contributed by atoms with Gasteiger partial charge in [-0.3, -0.25) is 0 Å². The highest BCUT2D eigenvalue weighted by molar-refractivity contribution is 5.55. The smallest absolute Gasteiger partial charge is 0.131 e. The zero-order valence-electron chi connectivity index (χ0n) is 10.9. The van der Waals surface area contributed by atoms with E-state index in [0.29, 0.717) is 11.5 Å². The third-order valence-corrected chi connectivity index (χ3v) is 3.48. The molecule has 0 aromatic heterocycles. The van der Waals surface area contributed by atoms with Crippen molar-refractivity contribution in [3.05, 3.63) is 29.6 Å². The fraction of sp³-hybridized carbons (Fsp3) is 0.571. The second kappa shape index (κ2) is 5.67. The molecule has 1 N–H and O–H groups in total. The topological polar surface area (TPSA) is 32.7 Å². The van der Waals surface area contributed by atoms with E-state index in [0.717, 1.165) is 31.8 Å². The van der Waals surface area contributed by atoms with Crippen LogP contribution < -0.4 is 4.90 Å². The van der Waals surface area contributed by atoms with E-state index in [-0.39, 0.29) is 5.82 Å². The van der Waals surface area contributed by atoms with Crippen molar-refractivity contribution in [2.24, 2.45) is 5.92 Å². The van der Waals surface area contributed by atoms with Crippen LogP contribution in [0.1, 0.15) is 25.0 Å². The van der Waals surface area contributed by atoms with Crippen molar-refractivity contribution in [2.45, 2.75) is 19.4 Å². The lowest BCUT2D eigenvalue weighted by molar-refractivity contribution is 0.160. The maximum Gasteiger partial charge on any atom is 0.131 e. The quantitative estimate of drug-likeness (QED) is 0.894. The summed E-state index contributed by atoms with van der Waals surface area (Å²) in [7, 11) is 1.70. The lowest BCUT2D eigenvalue weighted by Gasteiger charge is -2.23. The van der Waals surface area contributed by atoms with E-state index in [1.165, 1.54) is 6.07 Å². The van der Waals surface area contributed by atoms with Gasteiger partial charge >= 0.3 is 0 Å². The number of ether oxygens (including phenoxy) is 1. The summed E-state index contributed by atoms with van der Waals surface area (Å²) in [5.41, 5.74) is 1.21. The van der Waals surface area contributed by atoms with Crippen LogP contribution in [-0.4, -0.2) is 31.9 Å². The molecule has 1 aromatic rings. The molecule has 2 rings (SSSR count). The van der Waals surface area contributed by atoms with Gasteiger partial charge in [-0.1, -0.05) is 6.07 Å². The third-order valence-electron chi connectivity index (χ3n) is 3.48. The highest BCUT2D eigenvalue weighted by Gasteiger charge is 2.26. The van der Waals surface area contributed by atoms with Gasteiger partial charge in [0.1, 0.15) is 5.82 Å². The van der Waals surface area contributed by atoms with E-state index in [4.69, 9.17) is 4.74 Å². The van der Waals surface area contributed by atoms with E-state index in [2.05, 4.69) is 4.90 Å². The Morgan fingerprint density at radius 1 is 1.56 bits per heavy atom. The Kier molecular flexibility index (Phi) is 4.19. The first-order valence-corrected chi connectivity index (χ1v) is 6.33. The van der Waals surface area contributed by atoms with E-state index in [1.54, 1.807) is 20.1 Å². The summed E-state index contributed by atoms with van der Waals surface area (Å²) >= 11 is 0. The minimum absolute atomic E-state index is 0.335. The molecule has 2 atom stereocenters. The summed E-state index contributed by atoms with van der Waals surface area (Å²) in [6.45, 7) is 4.08. The van der Waals surface area contributed by atoms with Crippen LogP contribution in [0.4, 0.5) is 10.1 Å². The van der Waals surface area contributed by atoms with Crippen molar-refractivity contribution in [3.8, 4) is 0 Å². The molecule has 1 fully saturated rings. The first-order chi connectivity index (χ1) is 8.63. The second-order valence-electron chi connectivity index (χ2n) is 4.90. The van der Waals surface area contributed by atoms with Crippen molar-refractivity contribution in [2.75, 3.05) is 31.7 Å². The van der Waals surface area contributed by atoms with E-state index in [9.17, 15) is 9.50 Å². The monoisotopic (exact) mass is 253 g/mol. The summed E-state index contributed by atoms with van der Waals surface area (Å²) in [6, 6.07) is 4.97. The number of halogens is 1. The van der Waals surface area contributed by atoms with Crippen LogP contribution in [0.3, 0.4) is 0 Å². The van der Waals surface area contributed by atoms with Crippen LogP contribution in [-0.2, 0) is 4.74 Å². The molecule has 0 amide bonds. The number of anilines is 1. The van der Waals surface area contributed by atoms with Crippen LogP contribution in [0.2, 0.25) is 0 Å². The Labute approximate surface area is 107 Å². The summed E-state index contributed by atoms with van der Waals surface area (Å²) in [6.07, 6.45) is 0.256. The van der Waals surface area contributed by atoms with Gasteiger partial charge in [-0.05, 0) is 25.5 Å². The molecule has 18 heavy (non-hydrogen) atoms. The van der Waals surface area contributed by atoms with Crippen molar-refractivity contribution < 1.29 is 14.2 Å². The average molecular weight is 253 g/mol. The number of nitrogens with zero attached hydrogens (tertiary/aromatic N) is 1. The summed E-state index contributed by atoms with van der Waals surface area (Å²) in [5, 5.41) is 9.72. The predicted molar refractivity (Wildman–Crippen MR) is 69.2 cm³/mol. The molecule has 1 heterocycles. The number of methoxy groups -OCH3 is 1. The molecular weight excluding hydrogens is 233 g/mol. The van der Waals surface area contributed by atoms with Crippen molar-refractivity contribution in [3.63, 3.8) is 0 Å². The van der Waals surface area contributed by atoms with Gasteiger partial charge in [-0.15, -0.1) is 0 Å². The molecule has 1 saturated heterocycles. The van der Waals surface area contributed by atoms with Gasteiger partial charge in [0.2, 0.25) is 0 Å². The summed E-state index contributed by atoms with van der Waals surface area (Å²) < 4.78 is 18.9. The molecule has 0 radical (unpaired) electrons. The van der Waals surface area contributed by atoms with Crippen LogP contribution in [0.25, 0.3) is 0 Å². The van der Waals surface area contributed by atoms with Crippen LogP contribution >= 0.6 is 0 Å². The van der Waals surface area contributed by atoms with Crippen LogP contribution in [0.15, 0.2) is 18.2 Å². The molecule has 1 unspecified atom stereocenters. The number of aliphatic hydroxyl groups excluding tert-OH is 1. The van der Waals surface area contributed by atoms with Gasteiger partial charge in [0, 0.05) is 37.4 Å². The first kappa shape index (κ1) is 13.3. The Morgan fingerprint density at radius 2 is 2.33 bits per heavy atom. The Balaban J connectivity index is 2.21. The molecular formula is C14H20FNO2. The molecule has 1 aliphatic heterocycles. The molecule has 0 aliphatic carbocycles. The van der Waals surface area contributed by atoms with Crippen molar-refractivity contribution in [1.29, 1.82) is 0 Å². The Hall–Kier alpha value is -1.13. The second-order valence-corrected chi connectivity index (χ2v) is 4.90. The van der Waals surface area contributed by atoms with Crippen LogP contribution in [0.5, 0.6) is 0 Å². The number of aliphatic hydroxyl groups is 1. The molecule has 1 aromatic carbocycles. The Morgan fingerprint density at radius 3 is 3.00 bits per heavy atom. The zero-order chi connectivity index (χ0) is 13.1. The minimum Gasteiger partial charge on any atom is -0.389 e. The molecule has 1 aliphatic rings. The molecule has 4 heteroatoms. The number of hydrogen-bond donors (Lipinski definition) is 1. The zero-order valence-corrected chi connectivity index (χ0v) is 10.9. The van der Waals surface area contributed by atoms with Gasteiger partial charge in [0.15, 0.2) is 0 Å². The summed E-state index contributed by atoms with van der Waals surface area (Å²) in [4.78, 5) is 2.13. The fourth-order valence-electron chi connectivity index (χ4n) is 2.64. The van der Waals surface area contributed by atoms with Gasteiger partial charge in [0.05, 0.1) is 12.7 Å². The van der Waals surface area contributed by atoms with Gasteiger partial charge < -0.3 is 14.7 Å². The maximum atomic E-state index is 13.8. The predicted octanol–water partition coefficient (Wildman–Crippen LogP) is 2.35. The highest BCUT2D eigenvalue weighted by Crippen LogP contribution is 2.32. The molecule has 0 bridgehead atoms. The normalized spacial score (nSPS) is 21.3. The maximum absolute atomic E-state index is 13.8. The number of hydrogen-bond acceptors (Lipinski definition) is 3. The Bertz CT molecular complexity index is 409. The first-order valence-electron chi connectivity index (χ1n) is 6.33. The highest BCUT2D eigenvalue weighted by atomic mass is 19.1. The number of rotatable bonds is 4. The minimum atomic E-state index is -0.789. The van der Waals surface area contributed by atoms with Crippen molar-refractivity contribution >= 4 is 5.69 Å². The SMILES string of the molecule is COCC1CCN(c2cccc(F)c2[C@H](C)O)C1. The van der Waals surface area contributed by atoms with Gasteiger partial charge in [-0.2, -0.15) is 0 Å². The van der Waals surface area contributed by atoms with Crippen LogP contribution in [0, 0.1) is 11.7 Å². The molecule has 3 nitrogen and oxygen atoms in total. The van der Waals surface area contributed by atoms with E-state index < -0.39 is 6.10 Å². The lowest BCUT2D eigenvalue weighted by atomic mass is 10.1.